The lowest BCUT2D eigenvalue weighted by Gasteiger charge is -2.36. The van der Waals surface area contributed by atoms with E-state index in [0.717, 1.165) is 50.8 Å². The van der Waals surface area contributed by atoms with E-state index < -0.39 is 0 Å². The Morgan fingerprint density at radius 2 is 1.12 bits per heavy atom. The predicted octanol–water partition coefficient (Wildman–Crippen LogP) is 13.5. The maximum atomic E-state index is 6.72. The highest BCUT2D eigenvalue weighted by molar-refractivity contribution is 6.07. The Kier molecular flexibility index (Phi) is 6.28. The summed E-state index contributed by atoms with van der Waals surface area (Å²) >= 11 is 0. The molecule has 8 aromatic rings. The van der Waals surface area contributed by atoms with Crippen molar-refractivity contribution in [1.82, 2.24) is 0 Å². The first kappa shape index (κ1) is 28.9. The Morgan fingerprint density at radius 1 is 0.471 bits per heavy atom. The SMILES string of the molecule is c1ccc(-c2cccc(N(c3ccccc3)c3ccc4c(c3)oc3cc(-c5ccc6c(c5)C5(CC7CCC5C7)c5ccccc5-6)ccc34)c2)cc1. The van der Waals surface area contributed by atoms with E-state index in [1.807, 2.05) is 0 Å². The van der Waals surface area contributed by atoms with Gasteiger partial charge in [-0.25, -0.2) is 0 Å². The molecule has 2 heteroatoms. The van der Waals surface area contributed by atoms with E-state index in [-0.39, 0.29) is 5.41 Å². The number of benzene rings is 7. The van der Waals surface area contributed by atoms with Crippen LogP contribution in [0.3, 0.4) is 0 Å². The van der Waals surface area contributed by atoms with Crippen molar-refractivity contribution in [1.29, 1.82) is 0 Å². The highest BCUT2D eigenvalue weighted by atomic mass is 16.3. The summed E-state index contributed by atoms with van der Waals surface area (Å²) in [6.07, 6.45) is 5.44. The third-order valence-corrected chi connectivity index (χ3v) is 12.3. The molecule has 2 nitrogen and oxygen atoms in total. The van der Waals surface area contributed by atoms with Gasteiger partial charge in [0.25, 0.3) is 0 Å². The zero-order valence-electron chi connectivity index (χ0n) is 28.4. The molecule has 0 saturated heterocycles. The van der Waals surface area contributed by atoms with Gasteiger partial charge in [0.1, 0.15) is 11.2 Å². The first-order chi connectivity index (χ1) is 25.2. The second kappa shape index (κ2) is 11.1. The molecule has 1 spiro atoms. The van der Waals surface area contributed by atoms with Crippen molar-refractivity contribution in [3.05, 3.63) is 175 Å². The summed E-state index contributed by atoms with van der Waals surface area (Å²) in [4.78, 5) is 2.32. The number of furan rings is 1. The van der Waals surface area contributed by atoms with Gasteiger partial charge in [0.05, 0.1) is 0 Å². The van der Waals surface area contributed by atoms with Crippen molar-refractivity contribution in [2.75, 3.05) is 4.90 Å². The number of nitrogens with zero attached hydrogens (tertiary/aromatic N) is 1. The van der Waals surface area contributed by atoms with Gasteiger partial charge in [0, 0.05) is 39.3 Å². The van der Waals surface area contributed by atoms with Crippen molar-refractivity contribution in [3.63, 3.8) is 0 Å². The van der Waals surface area contributed by atoms with Crippen LogP contribution in [0.2, 0.25) is 0 Å². The fourth-order valence-electron chi connectivity index (χ4n) is 10.1. The molecule has 7 aromatic carbocycles. The van der Waals surface area contributed by atoms with E-state index in [1.165, 1.54) is 59.1 Å². The Labute approximate surface area is 298 Å². The molecule has 3 atom stereocenters. The Morgan fingerprint density at radius 3 is 1.94 bits per heavy atom. The van der Waals surface area contributed by atoms with Crippen LogP contribution in [-0.4, -0.2) is 0 Å². The summed E-state index contributed by atoms with van der Waals surface area (Å²) in [5.41, 5.74) is 16.2. The van der Waals surface area contributed by atoms with Crippen molar-refractivity contribution >= 4 is 39.0 Å². The molecule has 3 unspecified atom stereocenters. The molecule has 1 aromatic heterocycles. The monoisotopic (exact) mass is 655 g/mol. The topological polar surface area (TPSA) is 16.4 Å². The van der Waals surface area contributed by atoms with Crippen LogP contribution in [0.4, 0.5) is 17.1 Å². The minimum atomic E-state index is 0.177. The van der Waals surface area contributed by atoms with Gasteiger partial charge in [0.15, 0.2) is 0 Å². The Bertz CT molecular complexity index is 2620. The fourth-order valence-corrected chi connectivity index (χ4v) is 10.1. The molecule has 0 aliphatic heterocycles. The van der Waals surface area contributed by atoms with Gasteiger partial charge in [-0.15, -0.1) is 0 Å². The smallest absolute Gasteiger partial charge is 0.137 e. The van der Waals surface area contributed by atoms with Crippen LogP contribution in [0, 0.1) is 11.8 Å². The van der Waals surface area contributed by atoms with Gasteiger partial charge < -0.3 is 9.32 Å². The minimum Gasteiger partial charge on any atom is -0.456 e. The third-order valence-electron chi connectivity index (χ3n) is 12.3. The fraction of sp³-hybridized carbons (Fsp3) is 0.143. The quantitative estimate of drug-likeness (QED) is 0.183. The Hall–Kier alpha value is -5.86. The number of anilines is 3. The maximum absolute atomic E-state index is 6.72. The lowest BCUT2D eigenvalue weighted by atomic mass is 9.66. The molecule has 0 amide bonds. The molecule has 2 bridgehead atoms. The standard InChI is InChI=1S/C49H37NO/c1-3-10-33(11-4-1)34-12-9-15-39(27-34)50(38-13-5-2-6-14-38)40-22-25-44-43-24-20-36(29-47(43)51-48(44)30-40)35-19-23-42-41-16-7-8-17-45(41)49(46(42)28-35)31-32-18-21-37(49)26-32/h1-17,19-20,22-25,27-30,32,37H,18,21,26,31H2. The second-order valence-electron chi connectivity index (χ2n) is 14.9. The zero-order valence-corrected chi connectivity index (χ0v) is 28.4. The van der Waals surface area contributed by atoms with Gasteiger partial charge in [-0.1, -0.05) is 110 Å². The number of hydrogen-bond acceptors (Lipinski definition) is 2. The lowest BCUT2D eigenvalue weighted by Crippen LogP contribution is -2.31. The van der Waals surface area contributed by atoms with Crippen LogP contribution in [-0.2, 0) is 5.41 Å². The number of fused-ring (bicyclic) bond motifs is 11. The molecule has 244 valence electrons. The highest BCUT2D eigenvalue weighted by Gasteiger charge is 2.56. The van der Waals surface area contributed by atoms with Gasteiger partial charge >= 0.3 is 0 Å². The molecular formula is C49H37NO. The first-order valence-corrected chi connectivity index (χ1v) is 18.4. The number of para-hydroxylation sites is 1. The summed E-state index contributed by atoms with van der Waals surface area (Å²) in [7, 11) is 0. The molecule has 0 radical (unpaired) electrons. The van der Waals surface area contributed by atoms with E-state index in [1.54, 1.807) is 11.1 Å². The van der Waals surface area contributed by atoms with Crippen molar-refractivity contribution in [2.24, 2.45) is 11.8 Å². The van der Waals surface area contributed by atoms with E-state index in [0.29, 0.717) is 0 Å². The van der Waals surface area contributed by atoms with Gasteiger partial charge in [0.2, 0.25) is 0 Å². The summed E-state index contributed by atoms with van der Waals surface area (Å²) in [5.74, 6) is 1.61. The van der Waals surface area contributed by atoms with Gasteiger partial charge in [-0.05, 0) is 130 Å². The lowest BCUT2D eigenvalue weighted by molar-refractivity contribution is 0.327. The zero-order chi connectivity index (χ0) is 33.5. The highest BCUT2D eigenvalue weighted by Crippen LogP contribution is 2.65. The van der Waals surface area contributed by atoms with E-state index >= 15 is 0 Å². The van der Waals surface area contributed by atoms with Crippen LogP contribution in [0.15, 0.2) is 168 Å². The van der Waals surface area contributed by atoms with Crippen LogP contribution in [0.5, 0.6) is 0 Å². The summed E-state index contributed by atoms with van der Waals surface area (Å²) in [5, 5.41) is 2.28. The number of rotatable bonds is 5. The normalized spacial score (nSPS) is 19.9. The average molecular weight is 656 g/mol. The average Bonchev–Trinajstić information content (AvgIpc) is 3.97. The molecule has 11 rings (SSSR count). The van der Waals surface area contributed by atoms with E-state index in [9.17, 15) is 0 Å². The molecule has 2 saturated carbocycles. The summed E-state index contributed by atoms with van der Waals surface area (Å²) in [6.45, 7) is 0. The second-order valence-corrected chi connectivity index (χ2v) is 14.9. The molecule has 1 heterocycles. The van der Waals surface area contributed by atoms with Gasteiger partial charge in [-0.2, -0.15) is 0 Å². The van der Waals surface area contributed by atoms with Crippen molar-refractivity contribution in [3.8, 4) is 33.4 Å². The van der Waals surface area contributed by atoms with E-state index in [2.05, 4.69) is 169 Å². The predicted molar refractivity (Wildman–Crippen MR) is 211 cm³/mol. The molecule has 3 aliphatic carbocycles. The van der Waals surface area contributed by atoms with E-state index in [4.69, 9.17) is 4.42 Å². The molecule has 0 N–H and O–H groups in total. The molecular weight excluding hydrogens is 619 g/mol. The van der Waals surface area contributed by atoms with Crippen LogP contribution in [0.25, 0.3) is 55.3 Å². The van der Waals surface area contributed by atoms with Crippen LogP contribution in [0.1, 0.15) is 36.8 Å². The number of hydrogen-bond donors (Lipinski definition) is 0. The summed E-state index contributed by atoms with van der Waals surface area (Å²) < 4.78 is 6.72. The maximum Gasteiger partial charge on any atom is 0.137 e. The minimum absolute atomic E-state index is 0.177. The first-order valence-electron chi connectivity index (χ1n) is 18.4. The molecule has 51 heavy (non-hydrogen) atoms. The Balaban J connectivity index is 0.999. The van der Waals surface area contributed by atoms with Crippen molar-refractivity contribution in [2.45, 2.75) is 31.1 Å². The van der Waals surface area contributed by atoms with Crippen LogP contribution >= 0.6 is 0 Å². The molecule has 3 aliphatic rings. The molecule has 2 fully saturated rings. The third kappa shape index (κ3) is 4.36. The summed E-state index contributed by atoms with van der Waals surface area (Å²) in [6, 6.07) is 59.9. The van der Waals surface area contributed by atoms with Crippen molar-refractivity contribution < 1.29 is 4.42 Å². The van der Waals surface area contributed by atoms with Crippen LogP contribution < -0.4 is 4.90 Å². The largest absolute Gasteiger partial charge is 0.456 e. The van der Waals surface area contributed by atoms with Gasteiger partial charge in [-0.3, -0.25) is 0 Å².